The van der Waals surface area contributed by atoms with Crippen molar-refractivity contribution in [2.45, 2.75) is 19.6 Å². The minimum absolute atomic E-state index is 0. The van der Waals surface area contributed by atoms with Gasteiger partial charge >= 0.3 is 39.7 Å². The number of rotatable bonds is 0. The molecule has 1 aromatic rings. The average molecular weight is 250 g/mol. The van der Waals surface area contributed by atoms with Crippen molar-refractivity contribution in [2.24, 2.45) is 0 Å². The molecule has 2 radical (unpaired) electrons. The normalized spacial score (nSPS) is 5.71. The van der Waals surface area contributed by atoms with Crippen LogP contribution in [0.3, 0.4) is 0 Å². The predicted molar refractivity (Wildman–Crippen MR) is 53.2 cm³/mol. The summed E-state index contributed by atoms with van der Waals surface area (Å²) in [4.78, 5) is 0. The van der Waals surface area contributed by atoms with Crippen molar-refractivity contribution in [3.8, 4) is 0 Å². The third-order valence-electron chi connectivity index (χ3n) is 0.556. The molecule has 0 spiro atoms. The molecule has 1 aromatic carbocycles. The van der Waals surface area contributed by atoms with E-state index in [2.05, 4.69) is 32.9 Å². The summed E-state index contributed by atoms with van der Waals surface area (Å²) in [5, 5.41) is 0. The smallest absolute Gasteiger partial charge is 0.214 e. The molecule has 0 saturated heterocycles. The van der Waals surface area contributed by atoms with Gasteiger partial charge in [0.2, 0.25) is 0 Å². The van der Waals surface area contributed by atoms with Gasteiger partial charge in [0, 0.05) is 8.80 Å². The summed E-state index contributed by atoms with van der Waals surface area (Å²) in [6.07, 6.45) is 0. The van der Waals surface area contributed by atoms with Crippen molar-refractivity contribution >= 4 is 8.80 Å². The Labute approximate surface area is 98.6 Å². The molecule has 0 fully saturated rings. The van der Waals surface area contributed by atoms with E-state index >= 15 is 0 Å². The zero-order valence-electron chi connectivity index (χ0n) is 8.56. The van der Waals surface area contributed by atoms with Gasteiger partial charge in [0.15, 0.2) is 0 Å². The Balaban J connectivity index is -0.0000000511. The second-order valence-electron chi connectivity index (χ2n) is 2.46. The maximum atomic E-state index is 7.50. The van der Waals surface area contributed by atoms with E-state index in [-0.39, 0.29) is 25.9 Å². The van der Waals surface area contributed by atoms with Gasteiger partial charge in [-0.2, -0.15) is 18.2 Å². The topological polar surface area (TPSA) is 39.8 Å². The second kappa shape index (κ2) is 29.4. The summed E-state index contributed by atoms with van der Waals surface area (Å²) >= 11 is 0. The Morgan fingerprint density at radius 2 is 1.14 bits per heavy atom. The minimum Gasteiger partial charge on any atom is -0.214 e. The Morgan fingerprint density at radius 1 is 0.929 bits per heavy atom. The third-order valence-corrected chi connectivity index (χ3v) is 0.556. The Bertz CT molecular complexity index is 155. The van der Waals surface area contributed by atoms with Gasteiger partial charge in [-0.25, -0.2) is 12.1 Å². The maximum absolute atomic E-state index is 7.50. The van der Waals surface area contributed by atoms with Crippen LogP contribution in [0.5, 0.6) is 0 Å². The molecule has 0 unspecified atom stereocenters. The molecule has 74 valence electrons. The van der Waals surface area contributed by atoms with E-state index in [4.69, 9.17) is 9.30 Å². The quantitative estimate of drug-likeness (QED) is 0.386. The maximum Gasteiger partial charge on any atom is 5.00 e. The fourth-order valence-electron chi connectivity index (χ4n) is 0.321. The van der Waals surface area contributed by atoms with Gasteiger partial charge in [0.1, 0.15) is 0 Å². The molecule has 0 aliphatic rings. The largest absolute Gasteiger partial charge is 5.00 e. The van der Waals surface area contributed by atoms with Crippen LogP contribution in [0.2, 0.25) is 19.6 Å². The molecule has 2 nitrogen and oxygen atoms in total. The van der Waals surface area contributed by atoms with Crippen LogP contribution < -0.4 is 0 Å². The molecule has 0 bridgehead atoms. The molecule has 0 N–H and O–H groups in total. The first-order valence-corrected chi connectivity index (χ1v) is 6.57. The zero-order chi connectivity index (χ0) is 11.1. The predicted octanol–water partition coefficient (Wildman–Crippen LogP) is 2.70. The van der Waals surface area contributed by atoms with Gasteiger partial charge in [-0.3, -0.25) is 0 Å². The van der Waals surface area contributed by atoms with Crippen molar-refractivity contribution in [2.75, 3.05) is 0 Å². The van der Waals surface area contributed by atoms with Crippen LogP contribution >= 0.6 is 0 Å². The van der Waals surface area contributed by atoms with Crippen LogP contribution in [0, 0.1) is 13.3 Å². The third kappa shape index (κ3) is 61.9. The van der Waals surface area contributed by atoms with Crippen LogP contribution in [0.4, 0.5) is 0 Å². The van der Waals surface area contributed by atoms with Gasteiger partial charge in [-0.05, 0) is 0 Å². The molecule has 0 aromatic heterocycles. The Hall–Kier alpha value is -0.434. The Morgan fingerprint density at radius 3 is 1.21 bits per heavy atom. The average Bonchev–Trinajstić information content (AvgIpc) is 2.67. The van der Waals surface area contributed by atoms with Crippen molar-refractivity contribution in [3.05, 3.63) is 43.6 Å². The molecule has 0 aliphatic carbocycles. The summed E-state index contributed by atoms with van der Waals surface area (Å²) in [5.41, 5.74) is 0. The van der Waals surface area contributed by atoms with Crippen LogP contribution in [0.15, 0.2) is 30.3 Å². The fraction of sp³-hybridized carbons (Fsp3) is 0.300. The molecule has 1 rings (SSSR count). The summed E-state index contributed by atoms with van der Waals surface area (Å²) < 4.78 is 15.0. The fourth-order valence-corrected chi connectivity index (χ4v) is 0.321. The summed E-state index contributed by atoms with van der Waals surface area (Å²) in [6.45, 7) is 15.8. The number of hydrogen-bond acceptors (Lipinski definition) is 0. The first-order chi connectivity index (χ1) is 6.23. The van der Waals surface area contributed by atoms with Crippen molar-refractivity contribution < 1.29 is 26.4 Å². The van der Waals surface area contributed by atoms with Crippen molar-refractivity contribution in [3.63, 3.8) is 0 Å². The Kier molecular flexibility index (Phi) is 49.1. The molecular weight excluding hydrogens is 236 g/mol. The van der Waals surface area contributed by atoms with Gasteiger partial charge in [-0.1, -0.05) is 19.6 Å². The summed E-state index contributed by atoms with van der Waals surface area (Å²) in [5.74, 6) is 0. The van der Waals surface area contributed by atoms with Gasteiger partial charge in [0.25, 0.3) is 0 Å². The van der Waals surface area contributed by atoms with Crippen LogP contribution in [-0.4, -0.2) is 8.80 Å². The van der Waals surface area contributed by atoms with Gasteiger partial charge in [0.05, 0.1) is 0 Å². The monoisotopic (exact) mass is 250 g/mol. The second-order valence-corrected chi connectivity index (χ2v) is 5.46. The first kappa shape index (κ1) is 23.4. The molecule has 4 heteroatoms. The van der Waals surface area contributed by atoms with Gasteiger partial charge in [-0.15, -0.1) is 0 Å². The van der Waals surface area contributed by atoms with E-state index in [0.717, 1.165) is 0 Å². The van der Waals surface area contributed by atoms with Gasteiger partial charge < -0.3 is 0 Å². The molecular formula is C10H14FeO2Si+4. The van der Waals surface area contributed by atoms with E-state index in [1.165, 1.54) is 0 Å². The minimum atomic E-state index is 0. The van der Waals surface area contributed by atoms with Crippen LogP contribution in [0.25, 0.3) is 0 Å². The standard InChI is InChI=1S/C5H5.C3H9Si.2CO.Fe/c1-2-4-5-3-1;1-4(2)3;2*1-2;/h1-5H;1-3H3;;;/q-1;;;;+5. The summed E-state index contributed by atoms with van der Waals surface area (Å²) in [7, 11) is 0.120. The molecule has 0 amide bonds. The van der Waals surface area contributed by atoms with Crippen LogP contribution in [0.1, 0.15) is 0 Å². The first-order valence-electron chi connectivity index (χ1n) is 3.57. The number of hydrogen-bond donors (Lipinski definition) is 0. The summed E-state index contributed by atoms with van der Waals surface area (Å²) in [6, 6.07) is 10.0. The van der Waals surface area contributed by atoms with E-state index in [1.807, 2.05) is 30.3 Å². The van der Waals surface area contributed by atoms with E-state index in [0.29, 0.717) is 0 Å². The van der Waals surface area contributed by atoms with Crippen molar-refractivity contribution in [1.29, 1.82) is 0 Å². The molecule has 0 atom stereocenters. The molecule has 0 heterocycles. The van der Waals surface area contributed by atoms with E-state index in [1.54, 1.807) is 0 Å². The van der Waals surface area contributed by atoms with E-state index < -0.39 is 0 Å². The molecule has 14 heavy (non-hydrogen) atoms. The molecule has 0 aliphatic heterocycles. The van der Waals surface area contributed by atoms with Crippen LogP contribution in [-0.2, 0) is 26.4 Å². The zero-order valence-corrected chi connectivity index (χ0v) is 10.7. The SMILES string of the molecule is C[Si](C)C.[C-]#[O+].[C-]#[O+].[Fe+5].c1cc[cH-]c1. The van der Waals surface area contributed by atoms with Crippen molar-refractivity contribution in [1.82, 2.24) is 0 Å². The van der Waals surface area contributed by atoms with E-state index in [9.17, 15) is 0 Å². The molecule has 0 saturated carbocycles.